The molecule has 0 saturated carbocycles. The number of aliphatic hydroxyl groups is 4. The molecule has 0 radical (unpaired) electrons. The van der Waals surface area contributed by atoms with E-state index in [4.69, 9.17) is 37.4 Å². The highest BCUT2D eigenvalue weighted by molar-refractivity contribution is 6.31. The van der Waals surface area contributed by atoms with E-state index in [0.717, 1.165) is 48.6 Å². The van der Waals surface area contributed by atoms with E-state index in [-0.39, 0.29) is 0 Å². The predicted octanol–water partition coefficient (Wildman–Crippen LogP) is 4.90. The van der Waals surface area contributed by atoms with E-state index < -0.39 is 128 Å². The Hall–Kier alpha value is -4.08. The van der Waals surface area contributed by atoms with Crippen LogP contribution in [0.5, 0.6) is 0 Å². The summed E-state index contributed by atoms with van der Waals surface area (Å²) < 4.78 is 102. The maximum absolute atomic E-state index is 14.2. The average Bonchev–Trinajstić information content (AvgIpc) is 3.10. The molecule has 0 fully saturated rings. The van der Waals surface area contributed by atoms with Gasteiger partial charge in [0, 0.05) is 33.1 Å². The van der Waals surface area contributed by atoms with Crippen LogP contribution in [0.25, 0.3) is 0 Å². The number of nitro groups is 2. The van der Waals surface area contributed by atoms with Gasteiger partial charge in [0.15, 0.2) is 12.2 Å². The molecule has 2 aromatic rings. The van der Waals surface area contributed by atoms with Gasteiger partial charge in [0.25, 0.3) is 11.1 Å². The molecular weight excluding hydrogens is 773 g/mol. The molecule has 2 aromatic carbocycles. The average molecular weight is 801 g/mol. The van der Waals surface area contributed by atoms with Gasteiger partial charge in [-0.3, -0.25) is 20.2 Å². The molecule has 0 spiro atoms. The zero-order valence-corrected chi connectivity index (χ0v) is 28.1. The number of rotatable bonds is 14. The molecule has 2 aliphatic carbocycles. The highest BCUT2D eigenvalue weighted by atomic mass is 35.5. The first kappa shape index (κ1) is 41.7. The molecule has 21 heteroatoms. The molecule has 2 aliphatic rings. The van der Waals surface area contributed by atoms with E-state index in [1.165, 1.54) is 0 Å². The number of hydrogen-bond acceptors (Lipinski definition) is 11. The van der Waals surface area contributed by atoms with Crippen molar-refractivity contribution in [2.75, 3.05) is 26.4 Å². The number of nitrogens with zero attached hydrogens (tertiary/aromatic N) is 2. The molecule has 0 aliphatic heterocycles. The second kappa shape index (κ2) is 16.1. The minimum Gasteiger partial charge on any atom is -0.455 e. The van der Waals surface area contributed by atoms with Crippen LogP contribution in [-0.2, 0) is 37.6 Å². The standard InChI is InChI=1S/C32H28Cl2F6N2O11/c33-25-23(9-11-29(41(47)48,27(25)51-15-17(45)13-43)19-5-1-3-7-21(19)31(35,36)37)53-24-10-12-30(42(49)50,28(26(24)34)52-16-18(46)14-44)20-6-2-4-8-22(20)32(38,39)40/h1-12,17-18,27-28,43-46H,13-16H2. The van der Waals surface area contributed by atoms with E-state index >= 15 is 0 Å². The SMILES string of the molecule is O=[N+]([O-])C1(c2ccccc2C(F)(F)F)C=CC(OC2=C(Cl)C(OCC(O)CO)C(c3ccccc3C(F)(F)F)([N+](=O)[O-])C=C2)=C(Cl)C1OCC(O)CO. The molecule has 0 bridgehead atoms. The summed E-state index contributed by atoms with van der Waals surface area (Å²) in [4.78, 5) is 23.3. The van der Waals surface area contributed by atoms with E-state index in [2.05, 4.69) is 0 Å². The lowest BCUT2D eigenvalue weighted by molar-refractivity contribution is -0.576. The number of allylic oxidation sites excluding steroid dienone is 2. The van der Waals surface area contributed by atoms with Crippen molar-refractivity contribution < 1.29 is 70.8 Å². The number of benzene rings is 2. The van der Waals surface area contributed by atoms with Crippen molar-refractivity contribution in [2.45, 2.75) is 47.8 Å². The van der Waals surface area contributed by atoms with Crippen LogP contribution >= 0.6 is 23.2 Å². The topological polar surface area (TPSA) is 195 Å². The Morgan fingerprint density at radius 1 is 0.698 bits per heavy atom. The summed E-state index contributed by atoms with van der Waals surface area (Å²) in [5, 5.41) is 62.4. The van der Waals surface area contributed by atoms with Gasteiger partial charge in [-0.05, 0) is 24.3 Å². The zero-order valence-electron chi connectivity index (χ0n) is 26.6. The summed E-state index contributed by atoms with van der Waals surface area (Å²) in [5.74, 6) is -1.23. The summed E-state index contributed by atoms with van der Waals surface area (Å²) in [6.45, 7) is -3.68. The van der Waals surface area contributed by atoms with Gasteiger partial charge in [0.2, 0.25) is 0 Å². The third kappa shape index (κ3) is 8.07. The van der Waals surface area contributed by atoms with Crippen LogP contribution in [0, 0.1) is 20.2 Å². The largest absolute Gasteiger partial charge is 0.455 e. The Bertz CT molecular complexity index is 1710. The number of alkyl halides is 6. The molecule has 6 unspecified atom stereocenters. The summed E-state index contributed by atoms with van der Waals surface area (Å²) in [6.07, 6.45) is -15.3. The summed E-state index contributed by atoms with van der Waals surface area (Å²) in [6, 6.07) is 6.85. The summed E-state index contributed by atoms with van der Waals surface area (Å²) in [7, 11) is 0. The van der Waals surface area contributed by atoms with E-state index in [1.807, 2.05) is 0 Å². The van der Waals surface area contributed by atoms with Crippen molar-refractivity contribution in [3.63, 3.8) is 0 Å². The molecule has 0 heterocycles. The lowest BCUT2D eigenvalue weighted by atomic mass is 9.78. The van der Waals surface area contributed by atoms with Crippen LogP contribution in [0.15, 0.2) is 94.4 Å². The quantitative estimate of drug-likeness (QED) is 0.115. The van der Waals surface area contributed by atoms with Crippen LogP contribution in [0.3, 0.4) is 0 Å². The second-order valence-corrected chi connectivity index (χ2v) is 12.4. The second-order valence-electron chi connectivity index (χ2n) is 11.5. The monoisotopic (exact) mass is 800 g/mol. The molecule has 6 atom stereocenters. The van der Waals surface area contributed by atoms with Crippen molar-refractivity contribution in [1.29, 1.82) is 0 Å². The number of aliphatic hydroxyl groups excluding tert-OH is 4. The van der Waals surface area contributed by atoms with Crippen molar-refractivity contribution in [3.8, 4) is 0 Å². The Balaban J connectivity index is 1.90. The smallest absolute Gasteiger partial charge is 0.416 e. The first-order valence-electron chi connectivity index (χ1n) is 15.1. The third-order valence-corrected chi connectivity index (χ3v) is 8.96. The molecular formula is C32H28Cl2F6N2O11. The molecule has 4 rings (SSSR count). The third-order valence-electron chi connectivity index (χ3n) is 8.19. The predicted molar refractivity (Wildman–Crippen MR) is 171 cm³/mol. The summed E-state index contributed by atoms with van der Waals surface area (Å²) >= 11 is 13.1. The van der Waals surface area contributed by atoms with Crippen LogP contribution in [0.2, 0.25) is 0 Å². The van der Waals surface area contributed by atoms with Gasteiger partial charge >= 0.3 is 12.4 Å². The van der Waals surface area contributed by atoms with E-state index in [0.29, 0.717) is 24.3 Å². The van der Waals surface area contributed by atoms with Crippen LogP contribution in [0.4, 0.5) is 26.3 Å². The normalized spacial score (nSPS) is 24.7. The minimum atomic E-state index is -5.13. The van der Waals surface area contributed by atoms with Gasteiger partial charge in [0.1, 0.15) is 23.7 Å². The Morgan fingerprint density at radius 2 is 1.04 bits per heavy atom. The van der Waals surface area contributed by atoms with Gasteiger partial charge in [0.05, 0.1) is 47.6 Å². The highest BCUT2D eigenvalue weighted by Gasteiger charge is 2.60. The zero-order chi connectivity index (χ0) is 39.5. The Kier molecular flexibility index (Phi) is 12.7. The molecule has 0 saturated heterocycles. The fraction of sp³-hybridized carbons (Fsp3) is 0.375. The fourth-order valence-corrected chi connectivity index (χ4v) is 6.38. The van der Waals surface area contributed by atoms with Crippen LogP contribution < -0.4 is 0 Å². The van der Waals surface area contributed by atoms with Crippen molar-refractivity contribution in [2.24, 2.45) is 0 Å². The maximum atomic E-state index is 14.2. The van der Waals surface area contributed by atoms with Gasteiger partial charge < -0.3 is 34.6 Å². The molecule has 288 valence electrons. The molecule has 0 amide bonds. The first-order valence-corrected chi connectivity index (χ1v) is 15.8. The number of ether oxygens (including phenoxy) is 3. The lowest BCUT2D eigenvalue weighted by Gasteiger charge is -2.37. The summed E-state index contributed by atoms with van der Waals surface area (Å²) in [5.41, 5.74) is -10.7. The highest BCUT2D eigenvalue weighted by Crippen LogP contribution is 2.49. The van der Waals surface area contributed by atoms with E-state index in [9.17, 15) is 67.0 Å². The number of hydrogen-bond donors (Lipinski definition) is 4. The van der Waals surface area contributed by atoms with Crippen LogP contribution in [-0.4, -0.2) is 81.1 Å². The molecule has 13 nitrogen and oxygen atoms in total. The Labute approximate surface area is 304 Å². The van der Waals surface area contributed by atoms with Gasteiger partial charge in [-0.2, -0.15) is 26.3 Å². The van der Waals surface area contributed by atoms with E-state index in [1.54, 1.807) is 0 Å². The Morgan fingerprint density at radius 3 is 1.34 bits per heavy atom. The molecule has 53 heavy (non-hydrogen) atoms. The molecule has 0 aromatic heterocycles. The van der Waals surface area contributed by atoms with Crippen molar-refractivity contribution >= 4 is 23.2 Å². The number of halogens is 8. The maximum Gasteiger partial charge on any atom is 0.416 e. The van der Waals surface area contributed by atoms with Crippen molar-refractivity contribution in [1.82, 2.24) is 0 Å². The first-order chi connectivity index (χ1) is 24.8. The van der Waals surface area contributed by atoms with Crippen molar-refractivity contribution in [3.05, 3.63) is 137 Å². The lowest BCUT2D eigenvalue weighted by Crippen LogP contribution is -2.50. The molecule has 4 N–H and O–H groups in total. The van der Waals surface area contributed by atoms with Crippen LogP contribution in [0.1, 0.15) is 22.3 Å². The van der Waals surface area contributed by atoms with Gasteiger partial charge in [-0.15, -0.1) is 0 Å². The van der Waals surface area contributed by atoms with Gasteiger partial charge in [-0.1, -0.05) is 59.6 Å². The van der Waals surface area contributed by atoms with Gasteiger partial charge in [-0.25, -0.2) is 0 Å². The fourth-order valence-electron chi connectivity index (χ4n) is 5.72. The minimum absolute atomic E-state index is 0.571.